The molecule has 0 aliphatic heterocycles. The number of aromatic nitrogens is 2. The maximum Gasteiger partial charge on any atom is 0.262 e. The minimum atomic E-state index is 0.00691. The first-order valence-corrected chi connectivity index (χ1v) is 9.93. The Labute approximate surface area is 157 Å². The molecular weight excluding hydrogens is 342 g/mol. The number of nitriles is 1. The highest BCUT2D eigenvalue weighted by Crippen LogP contribution is 2.32. The van der Waals surface area contributed by atoms with Gasteiger partial charge in [0, 0.05) is 29.8 Å². The summed E-state index contributed by atoms with van der Waals surface area (Å²) in [5.41, 5.74) is 3.29. The van der Waals surface area contributed by atoms with E-state index in [1.165, 1.54) is 16.9 Å². The predicted molar refractivity (Wildman–Crippen MR) is 108 cm³/mol. The van der Waals surface area contributed by atoms with E-state index in [2.05, 4.69) is 37.3 Å². The molecule has 0 aliphatic rings. The molecule has 26 heavy (non-hydrogen) atoms. The van der Waals surface area contributed by atoms with E-state index in [0.717, 1.165) is 28.2 Å². The smallest absolute Gasteiger partial charge is 0.262 e. The highest BCUT2D eigenvalue weighted by atomic mass is 32.1. The minimum absolute atomic E-state index is 0.00691. The van der Waals surface area contributed by atoms with E-state index in [0.29, 0.717) is 24.8 Å². The molecule has 1 aromatic carbocycles. The Balaban J connectivity index is 2.16. The lowest BCUT2D eigenvalue weighted by Crippen LogP contribution is -2.26. The van der Waals surface area contributed by atoms with Crippen molar-refractivity contribution in [3.63, 3.8) is 0 Å². The van der Waals surface area contributed by atoms with Gasteiger partial charge in [0.05, 0.1) is 11.5 Å². The van der Waals surface area contributed by atoms with Crippen molar-refractivity contribution in [1.29, 1.82) is 5.26 Å². The third-order valence-corrected chi connectivity index (χ3v) is 5.46. The molecule has 5 heteroatoms. The van der Waals surface area contributed by atoms with Crippen LogP contribution in [0.5, 0.6) is 0 Å². The molecule has 0 atom stereocenters. The fourth-order valence-electron chi connectivity index (χ4n) is 3.15. The number of hydrogen-bond acceptors (Lipinski definition) is 4. The van der Waals surface area contributed by atoms with E-state index in [9.17, 15) is 4.79 Å². The summed E-state index contributed by atoms with van der Waals surface area (Å²) in [6.45, 7) is 6.76. The van der Waals surface area contributed by atoms with Crippen LogP contribution < -0.4 is 5.56 Å². The van der Waals surface area contributed by atoms with Crippen LogP contribution in [0.15, 0.2) is 34.4 Å². The molecule has 3 aromatic rings. The number of benzene rings is 1. The van der Waals surface area contributed by atoms with Crippen molar-refractivity contribution in [3.8, 4) is 17.2 Å². The number of unbranched alkanes of at least 4 members (excludes halogenated alkanes) is 1. The van der Waals surface area contributed by atoms with Crippen molar-refractivity contribution in [2.75, 3.05) is 0 Å². The van der Waals surface area contributed by atoms with Crippen molar-refractivity contribution in [2.24, 2.45) is 0 Å². The summed E-state index contributed by atoms with van der Waals surface area (Å²) in [5.74, 6) is 0.957. The number of thiophene rings is 1. The first-order chi connectivity index (χ1) is 12.6. The lowest BCUT2D eigenvalue weighted by Gasteiger charge is -2.14. The van der Waals surface area contributed by atoms with Gasteiger partial charge in [0.1, 0.15) is 10.7 Å². The van der Waals surface area contributed by atoms with Gasteiger partial charge >= 0.3 is 0 Å². The number of rotatable bonds is 6. The summed E-state index contributed by atoms with van der Waals surface area (Å²) < 4.78 is 1.76. The monoisotopic (exact) mass is 365 g/mol. The van der Waals surface area contributed by atoms with Crippen LogP contribution in [-0.2, 0) is 13.0 Å². The third kappa shape index (κ3) is 3.42. The van der Waals surface area contributed by atoms with Gasteiger partial charge in [-0.15, -0.1) is 11.3 Å². The molecule has 0 saturated heterocycles. The quantitative estimate of drug-likeness (QED) is 0.570. The predicted octanol–water partition coefficient (Wildman–Crippen LogP) is 5.11. The standard InChI is InChI=1S/C21H23N3OS/c1-4-15-7-9-16(10-8-15)17-13-26-20-18(17)21(25)24(12-6-5-11-22)19(23-20)14(2)3/h7-10,13-14H,4-6,12H2,1-3H3. The van der Waals surface area contributed by atoms with E-state index in [4.69, 9.17) is 10.2 Å². The summed E-state index contributed by atoms with van der Waals surface area (Å²) in [6.07, 6.45) is 2.10. The van der Waals surface area contributed by atoms with Gasteiger partial charge in [0.2, 0.25) is 0 Å². The zero-order valence-corrected chi connectivity index (χ0v) is 16.3. The van der Waals surface area contributed by atoms with Crippen molar-refractivity contribution in [3.05, 3.63) is 51.4 Å². The minimum Gasteiger partial charge on any atom is -0.296 e. The van der Waals surface area contributed by atoms with Gasteiger partial charge < -0.3 is 0 Å². The van der Waals surface area contributed by atoms with Gasteiger partial charge in [0.25, 0.3) is 5.56 Å². The average molecular weight is 366 g/mol. The number of hydrogen-bond donors (Lipinski definition) is 0. The summed E-state index contributed by atoms with van der Waals surface area (Å²) in [4.78, 5) is 18.9. The SMILES string of the molecule is CCc1ccc(-c2csc3nc(C(C)C)n(CCCC#N)c(=O)c23)cc1. The van der Waals surface area contributed by atoms with Gasteiger partial charge in [-0.2, -0.15) is 5.26 Å². The van der Waals surface area contributed by atoms with Crippen LogP contribution in [0.25, 0.3) is 21.3 Å². The molecule has 3 rings (SSSR count). The molecule has 0 spiro atoms. The van der Waals surface area contributed by atoms with Gasteiger partial charge in [-0.1, -0.05) is 45.0 Å². The van der Waals surface area contributed by atoms with E-state index in [-0.39, 0.29) is 11.5 Å². The molecule has 2 aromatic heterocycles. The zero-order chi connectivity index (χ0) is 18.7. The second-order valence-electron chi connectivity index (χ2n) is 6.72. The molecule has 0 fully saturated rings. The fraction of sp³-hybridized carbons (Fsp3) is 0.381. The van der Waals surface area contributed by atoms with Crippen LogP contribution >= 0.6 is 11.3 Å². The van der Waals surface area contributed by atoms with Gasteiger partial charge in [-0.25, -0.2) is 4.98 Å². The zero-order valence-electron chi connectivity index (χ0n) is 15.5. The molecule has 4 nitrogen and oxygen atoms in total. The van der Waals surface area contributed by atoms with Crippen molar-refractivity contribution < 1.29 is 0 Å². The van der Waals surface area contributed by atoms with Crippen LogP contribution in [0.1, 0.15) is 50.9 Å². The van der Waals surface area contributed by atoms with E-state index < -0.39 is 0 Å². The van der Waals surface area contributed by atoms with E-state index in [1.807, 2.05) is 19.2 Å². The van der Waals surface area contributed by atoms with Gasteiger partial charge in [0.15, 0.2) is 0 Å². The molecule has 134 valence electrons. The van der Waals surface area contributed by atoms with Crippen LogP contribution in [0.3, 0.4) is 0 Å². The Bertz CT molecular complexity index is 1010. The Kier molecular flexibility index (Phi) is 5.53. The molecule has 0 bridgehead atoms. The Morgan fingerprint density at radius 2 is 2.00 bits per heavy atom. The fourth-order valence-corrected chi connectivity index (χ4v) is 4.09. The Hall–Kier alpha value is -2.45. The number of aryl methyl sites for hydroxylation is 1. The Morgan fingerprint density at radius 1 is 1.27 bits per heavy atom. The second kappa shape index (κ2) is 7.84. The lowest BCUT2D eigenvalue weighted by molar-refractivity contribution is 0.568. The van der Waals surface area contributed by atoms with Crippen LogP contribution in [0.2, 0.25) is 0 Å². The molecule has 2 heterocycles. The van der Waals surface area contributed by atoms with Crippen LogP contribution in [0.4, 0.5) is 0 Å². The van der Waals surface area contributed by atoms with Crippen molar-refractivity contribution in [2.45, 2.75) is 52.5 Å². The highest BCUT2D eigenvalue weighted by molar-refractivity contribution is 7.17. The first-order valence-electron chi connectivity index (χ1n) is 9.05. The summed E-state index contributed by atoms with van der Waals surface area (Å²) in [7, 11) is 0. The maximum atomic E-state index is 13.3. The number of nitrogens with zero attached hydrogens (tertiary/aromatic N) is 3. The molecule has 0 aliphatic carbocycles. The first kappa shape index (κ1) is 18.3. The van der Waals surface area contributed by atoms with Crippen LogP contribution in [-0.4, -0.2) is 9.55 Å². The highest BCUT2D eigenvalue weighted by Gasteiger charge is 2.18. The van der Waals surface area contributed by atoms with E-state index >= 15 is 0 Å². The van der Waals surface area contributed by atoms with Gasteiger partial charge in [-0.3, -0.25) is 9.36 Å². The molecule has 0 unspecified atom stereocenters. The average Bonchev–Trinajstić information content (AvgIpc) is 3.07. The topological polar surface area (TPSA) is 58.7 Å². The second-order valence-corrected chi connectivity index (χ2v) is 7.58. The molecule has 0 saturated carbocycles. The molecule has 0 radical (unpaired) electrons. The summed E-state index contributed by atoms with van der Waals surface area (Å²) in [6, 6.07) is 10.5. The molecule has 0 N–H and O–H groups in total. The largest absolute Gasteiger partial charge is 0.296 e. The normalized spacial score (nSPS) is 11.2. The molecule has 0 amide bonds. The summed E-state index contributed by atoms with van der Waals surface area (Å²) in [5, 5.41) is 11.5. The maximum absolute atomic E-state index is 13.3. The van der Waals surface area contributed by atoms with E-state index in [1.54, 1.807) is 4.57 Å². The van der Waals surface area contributed by atoms with Crippen LogP contribution in [0, 0.1) is 11.3 Å². The summed E-state index contributed by atoms with van der Waals surface area (Å²) >= 11 is 1.52. The molecular formula is C21H23N3OS. The lowest BCUT2D eigenvalue weighted by atomic mass is 10.0. The Morgan fingerprint density at radius 3 is 2.62 bits per heavy atom. The van der Waals surface area contributed by atoms with Crippen molar-refractivity contribution in [1.82, 2.24) is 9.55 Å². The van der Waals surface area contributed by atoms with Gasteiger partial charge in [-0.05, 0) is 24.0 Å². The van der Waals surface area contributed by atoms with Crippen molar-refractivity contribution >= 4 is 21.6 Å². The third-order valence-electron chi connectivity index (χ3n) is 4.58. The number of fused-ring (bicyclic) bond motifs is 1.